The van der Waals surface area contributed by atoms with Crippen molar-refractivity contribution in [2.75, 3.05) is 39.3 Å². The maximum atomic E-state index is 11.0. The molecule has 6 heteroatoms. The molecule has 1 aromatic rings. The third kappa shape index (κ3) is 4.88. The third-order valence-electron chi connectivity index (χ3n) is 3.78. The summed E-state index contributed by atoms with van der Waals surface area (Å²) in [7, 11) is 0. The zero-order valence-electron chi connectivity index (χ0n) is 12.2. The molecule has 1 heterocycles. The second-order valence-electron chi connectivity index (χ2n) is 5.20. The van der Waals surface area contributed by atoms with Gasteiger partial charge in [0.1, 0.15) is 18.4 Å². The summed E-state index contributed by atoms with van der Waals surface area (Å²) in [6.45, 7) is 6.49. The van der Waals surface area contributed by atoms with Gasteiger partial charge in [0.05, 0.1) is 0 Å². The van der Waals surface area contributed by atoms with Crippen LogP contribution in [0.1, 0.15) is 6.92 Å². The number of nitrogens with zero attached hydrogens (tertiary/aromatic N) is 2. The lowest BCUT2D eigenvalue weighted by atomic mass is 10.2. The average Bonchev–Trinajstić information content (AvgIpc) is 2.47. The molecule has 5 nitrogen and oxygen atoms in total. The number of rotatable bonds is 6. The van der Waals surface area contributed by atoms with E-state index in [1.807, 2.05) is 23.1 Å². The SMILES string of the molecule is CC(C(=O)O)N1CCN(CCOc2cccc(Cl)c2)CC1. The molecule has 1 aliphatic rings. The first-order valence-electron chi connectivity index (χ1n) is 7.14. The van der Waals surface area contributed by atoms with Gasteiger partial charge in [-0.05, 0) is 25.1 Å². The molecular formula is C15H21ClN2O3. The molecule has 1 atom stereocenters. The molecule has 21 heavy (non-hydrogen) atoms. The number of halogens is 1. The Labute approximate surface area is 130 Å². The topological polar surface area (TPSA) is 53.0 Å². The Hall–Kier alpha value is -1.30. The summed E-state index contributed by atoms with van der Waals surface area (Å²) >= 11 is 5.90. The van der Waals surface area contributed by atoms with E-state index in [1.54, 1.807) is 13.0 Å². The third-order valence-corrected chi connectivity index (χ3v) is 4.02. The highest BCUT2D eigenvalue weighted by atomic mass is 35.5. The molecule has 0 spiro atoms. The van der Waals surface area contributed by atoms with Crippen LogP contribution in [0.25, 0.3) is 0 Å². The highest BCUT2D eigenvalue weighted by molar-refractivity contribution is 6.30. The van der Waals surface area contributed by atoms with E-state index in [1.165, 1.54) is 0 Å². The van der Waals surface area contributed by atoms with Gasteiger partial charge in [0, 0.05) is 37.7 Å². The number of aliphatic carboxylic acids is 1. The Balaban J connectivity index is 1.68. The van der Waals surface area contributed by atoms with E-state index in [9.17, 15) is 4.79 Å². The molecule has 0 amide bonds. The Kier molecular flexibility index (Phi) is 5.85. The van der Waals surface area contributed by atoms with Gasteiger partial charge < -0.3 is 9.84 Å². The lowest BCUT2D eigenvalue weighted by Crippen LogP contribution is -2.52. The van der Waals surface area contributed by atoms with Gasteiger partial charge in [0.15, 0.2) is 0 Å². The highest BCUT2D eigenvalue weighted by Gasteiger charge is 2.24. The Morgan fingerprint density at radius 3 is 2.71 bits per heavy atom. The van der Waals surface area contributed by atoms with Gasteiger partial charge >= 0.3 is 5.97 Å². The Morgan fingerprint density at radius 1 is 1.38 bits per heavy atom. The molecule has 1 fully saturated rings. The summed E-state index contributed by atoms with van der Waals surface area (Å²) in [5, 5.41) is 9.67. The van der Waals surface area contributed by atoms with Gasteiger partial charge in [-0.2, -0.15) is 0 Å². The van der Waals surface area contributed by atoms with Crippen LogP contribution >= 0.6 is 11.6 Å². The molecule has 1 N–H and O–H groups in total. The van der Waals surface area contributed by atoms with Crippen LogP contribution in [0.2, 0.25) is 5.02 Å². The van der Waals surface area contributed by atoms with Crippen LogP contribution in [0.15, 0.2) is 24.3 Å². The van der Waals surface area contributed by atoms with Gasteiger partial charge in [-0.15, -0.1) is 0 Å². The maximum Gasteiger partial charge on any atom is 0.320 e. The first kappa shape index (κ1) is 16.1. The standard InChI is InChI=1S/C15H21ClN2O3/c1-12(15(19)20)18-7-5-17(6-8-18)9-10-21-14-4-2-3-13(16)11-14/h2-4,11-12H,5-10H2,1H3,(H,19,20). The molecule has 0 radical (unpaired) electrons. The molecular weight excluding hydrogens is 292 g/mol. The number of ether oxygens (including phenoxy) is 1. The van der Waals surface area contributed by atoms with Gasteiger partial charge in [-0.25, -0.2) is 0 Å². The van der Waals surface area contributed by atoms with Gasteiger partial charge in [0.25, 0.3) is 0 Å². The van der Waals surface area contributed by atoms with E-state index >= 15 is 0 Å². The summed E-state index contributed by atoms with van der Waals surface area (Å²) < 4.78 is 5.67. The first-order chi connectivity index (χ1) is 10.1. The minimum absolute atomic E-state index is 0.408. The normalized spacial score (nSPS) is 18.4. The fraction of sp³-hybridized carbons (Fsp3) is 0.533. The quantitative estimate of drug-likeness (QED) is 0.868. The van der Waals surface area contributed by atoms with Crippen LogP contribution in [-0.4, -0.2) is 66.2 Å². The minimum Gasteiger partial charge on any atom is -0.492 e. The zero-order valence-corrected chi connectivity index (χ0v) is 12.9. The second-order valence-corrected chi connectivity index (χ2v) is 5.63. The maximum absolute atomic E-state index is 11.0. The van der Waals surface area contributed by atoms with Crippen LogP contribution in [0.4, 0.5) is 0 Å². The lowest BCUT2D eigenvalue weighted by Gasteiger charge is -2.36. The van der Waals surface area contributed by atoms with Crippen molar-refractivity contribution >= 4 is 17.6 Å². The molecule has 1 aromatic carbocycles. The van der Waals surface area contributed by atoms with Crippen LogP contribution in [0, 0.1) is 0 Å². The number of benzene rings is 1. The van der Waals surface area contributed by atoms with Crippen molar-refractivity contribution < 1.29 is 14.6 Å². The Bertz CT molecular complexity index is 476. The molecule has 1 aliphatic heterocycles. The summed E-state index contributed by atoms with van der Waals surface area (Å²) in [6.07, 6.45) is 0. The van der Waals surface area contributed by atoms with Crippen LogP contribution in [-0.2, 0) is 4.79 Å². The molecule has 0 aromatic heterocycles. The fourth-order valence-electron chi connectivity index (χ4n) is 2.38. The van der Waals surface area contributed by atoms with Crippen molar-refractivity contribution in [2.45, 2.75) is 13.0 Å². The number of carbonyl (C=O) groups is 1. The predicted octanol–water partition coefficient (Wildman–Crippen LogP) is 1.81. The van der Waals surface area contributed by atoms with Crippen LogP contribution < -0.4 is 4.74 Å². The molecule has 0 saturated carbocycles. The van der Waals surface area contributed by atoms with Crippen molar-refractivity contribution in [3.8, 4) is 5.75 Å². The van der Waals surface area contributed by atoms with E-state index in [4.69, 9.17) is 21.4 Å². The van der Waals surface area contributed by atoms with Crippen molar-refractivity contribution in [3.05, 3.63) is 29.3 Å². The van der Waals surface area contributed by atoms with Gasteiger partial charge in [0.2, 0.25) is 0 Å². The summed E-state index contributed by atoms with van der Waals surface area (Å²) in [6, 6.07) is 6.96. The summed E-state index contributed by atoms with van der Waals surface area (Å²) in [4.78, 5) is 15.2. The number of hydrogen-bond acceptors (Lipinski definition) is 4. The number of hydrogen-bond donors (Lipinski definition) is 1. The predicted molar refractivity (Wildman–Crippen MR) is 82.1 cm³/mol. The van der Waals surface area contributed by atoms with E-state index in [0.717, 1.165) is 38.5 Å². The monoisotopic (exact) mass is 312 g/mol. The fourth-order valence-corrected chi connectivity index (χ4v) is 2.56. The van der Waals surface area contributed by atoms with Crippen molar-refractivity contribution in [1.82, 2.24) is 9.80 Å². The average molecular weight is 313 g/mol. The highest BCUT2D eigenvalue weighted by Crippen LogP contribution is 2.17. The first-order valence-corrected chi connectivity index (χ1v) is 7.51. The molecule has 1 unspecified atom stereocenters. The molecule has 1 saturated heterocycles. The number of carboxylic acids is 1. The molecule has 0 aliphatic carbocycles. The summed E-state index contributed by atoms with van der Waals surface area (Å²) in [5.74, 6) is 0.0216. The van der Waals surface area contributed by atoms with E-state index in [0.29, 0.717) is 11.6 Å². The van der Waals surface area contributed by atoms with E-state index in [-0.39, 0.29) is 0 Å². The van der Waals surface area contributed by atoms with Crippen molar-refractivity contribution in [2.24, 2.45) is 0 Å². The summed E-state index contributed by atoms with van der Waals surface area (Å²) in [5.41, 5.74) is 0. The lowest BCUT2D eigenvalue weighted by molar-refractivity contribution is -0.143. The van der Waals surface area contributed by atoms with Gasteiger partial charge in [-0.3, -0.25) is 14.6 Å². The number of carboxylic acid groups (broad SMARTS) is 1. The van der Waals surface area contributed by atoms with Crippen LogP contribution in [0.3, 0.4) is 0 Å². The molecule has 0 bridgehead atoms. The van der Waals surface area contributed by atoms with Crippen molar-refractivity contribution in [3.63, 3.8) is 0 Å². The molecule has 2 rings (SSSR count). The smallest absolute Gasteiger partial charge is 0.320 e. The van der Waals surface area contributed by atoms with E-state index in [2.05, 4.69) is 4.90 Å². The minimum atomic E-state index is -0.757. The van der Waals surface area contributed by atoms with E-state index < -0.39 is 12.0 Å². The van der Waals surface area contributed by atoms with Gasteiger partial charge in [-0.1, -0.05) is 17.7 Å². The van der Waals surface area contributed by atoms with Crippen LogP contribution in [0.5, 0.6) is 5.75 Å². The molecule has 116 valence electrons. The Morgan fingerprint density at radius 2 is 2.10 bits per heavy atom. The largest absolute Gasteiger partial charge is 0.492 e. The number of piperazine rings is 1. The zero-order chi connectivity index (χ0) is 15.2. The van der Waals surface area contributed by atoms with Crippen molar-refractivity contribution in [1.29, 1.82) is 0 Å². The second kappa shape index (κ2) is 7.64.